The van der Waals surface area contributed by atoms with Crippen LogP contribution in [0.3, 0.4) is 0 Å². The van der Waals surface area contributed by atoms with Crippen LogP contribution in [-0.2, 0) is 13.1 Å². The number of nitrogens with zero attached hydrogens (tertiary/aromatic N) is 4. The zero-order valence-electron chi connectivity index (χ0n) is 16.2. The number of rotatable bonds is 5. The van der Waals surface area contributed by atoms with Crippen LogP contribution in [0.1, 0.15) is 18.1 Å². The molecule has 144 valence electrons. The zero-order chi connectivity index (χ0) is 18.7. The number of benzene rings is 1. The van der Waals surface area contributed by atoms with Crippen LogP contribution in [0.5, 0.6) is 0 Å². The van der Waals surface area contributed by atoms with Gasteiger partial charge in [-0.2, -0.15) is 0 Å². The van der Waals surface area contributed by atoms with Crippen LogP contribution in [0.2, 0.25) is 0 Å². The molecule has 0 radical (unpaired) electrons. The second-order valence-electron chi connectivity index (χ2n) is 8.25. The molecular weight excluding hydrogens is 336 g/mol. The average Bonchev–Trinajstić information content (AvgIpc) is 2.69. The number of piperazine rings is 2. The van der Waals surface area contributed by atoms with Gasteiger partial charge in [-0.05, 0) is 24.1 Å². The molecule has 0 amide bonds. The van der Waals surface area contributed by atoms with Gasteiger partial charge < -0.3 is 5.11 Å². The van der Waals surface area contributed by atoms with Crippen molar-refractivity contribution >= 4 is 0 Å². The van der Waals surface area contributed by atoms with Crippen molar-refractivity contribution in [2.24, 2.45) is 0 Å². The van der Waals surface area contributed by atoms with Gasteiger partial charge in [-0.1, -0.05) is 36.4 Å². The highest BCUT2D eigenvalue weighted by atomic mass is 16.3. The molecule has 5 nitrogen and oxygen atoms in total. The predicted molar refractivity (Wildman–Crippen MR) is 107 cm³/mol. The highest BCUT2D eigenvalue weighted by molar-refractivity contribution is 5.15. The monoisotopic (exact) mass is 366 g/mol. The molecule has 2 aromatic rings. The molecule has 4 rings (SSSR count). The van der Waals surface area contributed by atoms with Crippen molar-refractivity contribution in [3.8, 4) is 0 Å². The number of hydrogen-bond donors (Lipinski definition) is 1. The third kappa shape index (κ3) is 4.22. The first-order valence-corrected chi connectivity index (χ1v) is 9.91. The quantitative estimate of drug-likeness (QED) is 0.875. The van der Waals surface area contributed by atoms with Crippen molar-refractivity contribution in [2.75, 3.05) is 39.3 Å². The lowest BCUT2D eigenvalue weighted by molar-refractivity contribution is -0.0951. The van der Waals surface area contributed by atoms with Crippen LogP contribution in [0, 0.1) is 0 Å². The summed E-state index contributed by atoms with van der Waals surface area (Å²) in [4.78, 5) is 11.8. The maximum atomic E-state index is 10.2. The van der Waals surface area contributed by atoms with E-state index in [4.69, 9.17) is 0 Å². The van der Waals surface area contributed by atoms with Crippen LogP contribution >= 0.6 is 0 Å². The summed E-state index contributed by atoms with van der Waals surface area (Å²) >= 11 is 0. The van der Waals surface area contributed by atoms with Crippen molar-refractivity contribution in [3.05, 3.63) is 66.0 Å². The van der Waals surface area contributed by atoms with Gasteiger partial charge in [0, 0.05) is 64.2 Å². The Hall–Kier alpha value is -1.79. The van der Waals surface area contributed by atoms with Gasteiger partial charge in [0.25, 0.3) is 0 Å². The lowest BCUT2D eigenvalue weighted by Gasteiger charge is -2.56. The summed E-state index contributed by atoms with van der Waals surface area (Å²) in [6.45, 7) is 9.38. The molecule has 0 bridgehead atoms. The van der Waals surface area contributed by atoms with Crippen molar-refractivity contribution in [2.45, 2.75) is 31.6 Å². The second-order valence-corrected chi connectivity index (χ2v) is 8.25. The lowest BCUT2D eigenvalue weighted by atomic mass is 9.91. The molecule has 0 spiro atoms. The van der Waals surface area contributed by atoms with Crippen molar-refractivity contribution < 1.29 is 5.11 Å². The molecule has 1 N–H and O–H groups in total. The molecule has 3 heterocycles. The number of hydrogen-bond acceptors (Lipinski definition) is 5. The normalized spacial score (nSPS) is 27.4. The molecule has 0 unspecified atom stereocenters. The van der Waals surface area contributed by atoms with E-state index in [-0.39, 0.29) is 12.1 Å². The summed E-state index contributed by atoms with van der Waals surface area (Å²) in [7, 11) is 0. The van der Waals surface area contributed by atoms with E-state index in [2.05, 4.69) is 63.0 Å². The molecular formula is C22H30N4O. The van der Waals surface area contributed by atoms with Crippen molar-refractivity contribution in [1.29, 1.82) is 0 Å². The molecule has 0 saturated carbocycles. The summed E-state index contributed by atoms with van der Waals surface area (Å²) in [5.41, 5.74) is 2.44. The van der Waals surface area contributed by atoms with E-state index in [1.54, 1.807) is 0 Å². The van der Waals surface area contributed by atoms with Gasteiger partial charge in [0.2, 0.25) is 0 Å². The SMILES string of the molecule is C[C@@]1(CO)CN(Cc2ccccc2)C[C@@H]2CN(Cc3cccnc3)CCN21. The van der Waals surface area contributed by atoms with Gasteiger partial charge in [0.15, 0.2) is 0 Å². The van der Waals surface area contributed by atoms with Crippen molar-refractivity contribution in [1.82, 2.24) is 19.7 Å². The van der Waals surface area contributed by atoms with Gasteiger partial charge in [-0.25, -0.2) is 0 Å². The van der Waals surface area contributed by atoms with Gasteiger partial charge in [0.1, 0.15) is 0 Å². The Morgan fingerprint density at radius 3 is 2.48 bits per heavy atom. The summed E-state index contributed by atoms with van der Waals surface area (Å²) < 4.78 is 0. The Balaban J connectivity index is 1.46. The Morgan fingerprint density at radius 1 is 1.00 bits per heavy atom. The summed E-state index contributed by atoms with van der Waals surface area (Å²) in [5, 5.41) is 10.2. The van der Waals surface area contributed by atoms with Crippen LogP contribution in [0.15, 0.2) is 54.9 Å². The van der Waals surface area contributed by atoms with Gasteiger partial charge in [0.05, 0.1) is 12.1 Å². The molecule has 2 aliphatic rings. The first kappa shape index (κ1) is 18.6. The van der Waals surface area contributed by atoms with E-state index in [0.717, 1.165) is 45.8 Å². The maximum Gasteiger partial charge on any atom is 0.0625 e. The van der Waals surface area contributed by atoms with Crippen LogP contribution in [0.4, 0.5) is 0 Å². The van der Waals surface area contributed by atoms with Crippen molar-refractivity contribution in [3.63, 3.8) is 0 Å². The minimum absolute atomic E-state index is 0.169. The molecule has 2 aliphatic heterocycles. The Labute approximate surface area is 162 Å². The maximum absolute atomic E-state index is 10.2. The minimum atomic E-state index is -0.169. The summed E-state index contributed by atoms with van der Waals surface area (Å²) in [5.74, 6) is 0. The molecule has 2 fully saturated rings. The molecule has 0 aliphatic carbocycles. The molecule has 5 heteroatoms. The highest BCUT2D eigenvalue weighted by Gasteiger charge is 2.44. The molecule has 1 aromatic heterocycles. The Morgan fingerprint density at radius 2 is 1.74 bits per heavy atom. The smallest absolute Gasteiger partial charge is 0.0625 e. The Bertz CT molecular complexity index is 724. The summed E-state index contributed by atoms with van der Waals surface area (Å²) in [6.07, 6.45) is 3.80. The topological polar surface area (TPSA) is 42.8 Å². The van der Waals surface area contributed by atoms with E-state index in [9.17, 15) is 5.11 Å². The average molecular weight is 367 g/mol. The lowest BCUT2D eigenvalue weighted by Crippen LogP contribution is -2.71. The summed E-state index contributed by atoms with van der Waals surface area (Å²) in [6, 6.07) is 15.3. The standard InChI is InChI=1S/C22H30N4O/c1-22(18-27)17-25(13-19-6-3-2-4-7-19)16-21-15-24(10-11-26(21)22)14-20-8-5-9-23-12-20/h2-9,12,21,27H,10-11,13-18H2,1H3/t21-,22-/m0/s1. The first-order valence-electron chi connectivity index (χ1n) is 9.91. The van der Waals surface area contributed by atoms with E-state index < -0.39 is 0 Å². The number of pyridine rings is 1. The first-order chi connectivity index (χ1) is 13.2. The number of aliphatic hydroxyl groups is 1. The fourth-order valence-electron chi connectivity index (χ4n) is 4.72. The van der Waals surface area contributed by atoms with Crippen LogP contribution in [0.25, 0.3) is 0 Å². The third-order valence-electron chi connectivity index (χ3n) is 6.01. The molecule has 2 saturated heterocycles. The molecule has 27 heavy (non-hydrogen) atoms. The predicted octanol–water partition coefficient (Wildman–Crippen LogP) is 1.83. The molecule has 2 atom stereocenters. The van der Waals surface area contributed by atoms with Gasteiger partial charge in [-0.15, -0.1) is 0 Å². The van der Waals surface area contributed by atoms with E-state index in [0.29, 0.717) is 6.04 Å². The molecule has 1 aromatic carbocycles. The fraction of sp³-hybridized carbons (Fsp3) is 0.500. The number of aliphatic hydroxyl groups excluding tert-OH is 1. The van der Waals surface area contributed by atoms with Crippen LogP contribution in [-0.4, -0.2) is 75.7 Å². The van der Waals surface area contributed by atoms with Crippen LogP contribution < -0.4 is 0 Å². The zero-order valence-corrected chi connectivity index (χ0v) is 16.2. The number of fused-ring (bicyclic) bond motifs is 1. The van der Waals surface area contributed by atoms with Gasteiger partial charge >= 0.3 is 0 Å². The number of aromatic nitrogens is 1. The third-order valence-corrected chi connectivity index (χ3v) is 6.01. The fourth-order valence-corrected chi connectivity index (χ4v) is 4.72. The highest BCUT2D eigenvalue weighted by Crippen LogP contribution is 2.29. The van der Waals surface area contributed by atoms with E-state index in [1.165, 1.54) is 11.1 Å². The van der Waals surface area contributed by atoms with E-state index >= 15 is 0 Å². The Kier molecular flexibility index (Phi) is 5.55. The second kappa shape index (κ2) is 8.07. The minimum Gasteiger partial charge on any atom is -0.394 e. The largest absolute Gasteiger partial charge is 0.394 e. The van der Waals surface area contributed by atoms with Gasteiger partial charge in [-0.3, -0.25) is 19.7 Å². The van der Waals surface area contributed by atoms with E-state index in [1.807, 2.05) is 18.5 Å².